The fraction of sp³-hybridized carbons (Fsp3) is 0.607. The molecule has 6 nitrogen and oxygen atoms in total. The van der Waals surface area contributed by atoms with Crippen LogP contribution in [0.25, 0.3) is 0 Å². The van der Waals surface area contributed by atoms with Gasteiger partial charge in [-0.1, -0.05) is 12.1 Å². The van der Waals surface area contributed by atoms with Crippen molar-refractivity contribution in [2.45, 2.75) is 63.7 Å². The second-order valence-electron chi connectivity index (χ2n) is 12.1. The molecule has 2 saturated carbocycles. The quantitative estimate of drug-likeness (QED) is 0.421. The summed E-state index contributed by atoms with van der Waals surface area (Å²) in [6.07, 6.45) is 5.45. The number of likely N-dealkylation sites (tertiary alicyclic amines) is 2. The van der Waals surface area contributed by atoms with Crippen LogP contribution in [-0.2, 0) is 12.6 Å². The van der Waals surface area contributed by atoms with E-state index in [0.717, 1.165) is 88.3 Å². The molecule has 11 heteroatoms. The molecule has 2 amide bonds. The third-order valence-electron chi connectivity index (χ3n) is 9.25. The SMILES string of the molecule is O=C(N1CC2(CCC(Cc3ccc(OC(F)F)nc3)CC2)C1)N1CC2(CC(c3ccc(C(F)(F)F)nc3)C2)C1. The molecule has 4 aliphatic rings. The minimum Gasteiger partial charge on any atom is -0.417 e. The van der Waals surface area contributed by atoms with Gasteiger partial charge in [0, 0.05) is 55.5 Å². The van der Waals surface area contributed by atoms with E-state index in [2.05, 4.69) is 14.7 Å². The summed E-state index contributed by atoms with van der Waals surface area (Å²) in [5.74, 6) is 0.655. The number of rotatable bonds is 5. The monoisotopic (exact) mass is 550 g/mol. The smallest absolute Gasteiger partial charge is 0.417 e. The van der Waals surface area contributed by atoms with Crippen LogP contribution in [0.4, 0.5) is 26.7 Å². The molecule has 0 aromatic carbocycles. The second-order valence-corrected chi connectivity index (χ2v) is 12.1. The molecular weight excluding hydrogens is 519 g/mol. The first-order valence-corrected chi connectivity index (χ1v) is 13.5. The minimum atomic E-state index is -4.43. The molecule has 0 radical (unpaired) electrons. The average molecular weight is 551 g/mol. The summed E-state index contributed by atoms with van der Waals surface area (Å²) in [5, 5.41) is 0. The van der Waals surface area contributed by atoms with Gasteiger partial charge in [0.05, 0.1) is 0 Å². The van der Waals surface area contributed by atoms with Crippen molar-refractivity contribution >= 4 is 6.03 Å². The van der Waals surface area contributed by atoms with Crippen molar-refractivity contribution in [3.63, 3.8) is 0 Å². The third-order valence-corrected chi connectivity index (χ3v) is 9.25. The summed E-state index contributed by atoms with van der Waals surface area (Å²) in [4.78, 5) is 24.4. The van der Waals surface area contributed by atoms with Gasteiger partial charge in [0.25, 0.3) is 0 Å². The summed E-state index contributed by atoms with van der Waals surface area (Å²) in [6, 6.07) is 5.96. The predicted octanol–water partition coefficient (Wildman–Crippen LogP) is 6.13. The first kappa shape index (κ1) is 26.3. The van der Waals surface area contributed by atoms with Gasteiger partial charge in [0.2, 0.25) is 5.88 Å². The number of alkyl halides is 5. The number of carbonyl (C=O) groups excluding carboxylic acids is 1. The molecule has 0 bridgehead atoms. The van der Waals surface area contributed by atoms with E-state index in [1.54, 1.807) is 12.3 Å². The molecule has 2 aromatic rings. The molecule has 2 spiro atoms. The number of urea groups is 1. The van der Waals surface area contributed by atoms with Crippen molar-refractivity contribution in [3.05, 3.63) is 53.5 Å². The zero-order valence-corrected chi connectivity index (χ0v) is 21.5. The van der Waals surface area contributed by atoms with Crippen molar-refractivity contribution < 1.29 is 31.5 Å². The molecule has 0 unspecified atom stereocenters. The highest BCUT2D eigenvalue weighted by Gasteiger charge is 2.56. The van der Waals surface area contributed by atoms with Gasteiger partial charge in [-0.15, -0.1) is 0 Å². The maximum atomic E-state index is 13.0. The Labute approximate surface area is 223 Å². The first-order chi connectivity index (χ1) is 18.5. The van der Waals surface area contributed by atoms with Crippen LogP contribution in [0.3, 0.4) is 0 Å². The van der Waals surface area contributed by atoms with E-state index in [0.29, 0.717) is 5.92 Å². The van der Waals surface area contributed by atoms with Gasteiger partial charge in [-0.2, -0.15) is 22.0 Å². The maximum Gasteiger partial charge on any atom is 0.433 e. The van der Waals surface area contributed by atoms with Gasteiger partial charge in [-0.05, 0) is 74.0 Å². The second kappa shape index (κ2) is 9.59. The summed E-state index contributed by atoms with van der Waals surface area (Å²) < 4.78 is 67.2. The molecule has 4 heterocycles. The molecule has 210 valence electrons. The fourth-order valence-corrected chi connectivity index (χ4v) is 7.13. The molecule has 2 aliphatic carbocycles. The first-order valence-electron chi connectivity index (χ1n) is 13.5. The number of amides is 2. The number of carbonyl (C=O) groups is 1. The molecule has 39 heavy (non-hydrogen) atoms. The fourth-order valence-electron chi connectivity index (χ4n) is 7.13. The number of hydrogen-bond donors (Lipinski definition) is 0. The number of nitrogens with zero attached hydrogens (tertiary/aromatic N) is 4. The van der Waals surface area contributed by atoms with Crippen molar-refractivity contribution in [1.29, 1.82) is 0 Å². The lowest BCUT2D eigenvalue weighted by Gasteiger charge is -2.61. The molecule has 0 N–H and O–H groups in total. The van der Waals surface area contributed by atoms with Gasteiger partial charge in [0.15, 0.2) is 0 Å². The van der Waals surface area contributed by atoms with Gasteiger partial charge in [0.1, 0.15) is 5.69 Å². The van der Waals surface area contributed by atoms with Crippen molar-refractivity contribution in [2.24, 2.45) is 16.7 Å². The van der Waals surface area contributed by atoms with Gasteiger partial charge < -0.3 is 14.5 Å². The number of hydrogen-bond acceptors (Lipinski definition) is 4. The Morgan fingerprint density at radius 3 is 2.15 bits per heavy atom. The molecule has 2 aromatic heterocycles. The van der Waals surface area contributed by atoms with E-state index in [9.17, 15) is 26.7 Å². The van der Waals surface area contributed by atoms with Crippen LogP contribution in [0.1, 0.15) is 61.3 Å². The zero-order valence-electron chi connectivity index (χ0n) is 21.5. The van der Waals surface area contributed by atoms with Gasteiger partial charge in [-0.25, -0.2) is 9.78 Å². The van der Waals surface area contributed by atoms with Crippen molar-refractivity contribution in [2.75, 3.05) is 26.2 Å². The van der Waals surface area contributed by atoms with E-state index >= 15 is 0 Å². The van der Waals surface area contributed by atoms with E-state index in [-0.39, 0.29) is 28.7 Å². The molecule has 4 fully saturated rings. The summed E-state index contributed by atoms with van der Waals surface area (Å²) in [6.45, 7) is 0.152. The van der Waals surface area contributed by atoms with Crippen LogP contribution >= 0.6 is 0 Å². The Kier molecular flexibility index (Phi) is 6.45. The van der Waals surface area contributed by atoms with E-state index in [4.69, 9.17) is 0 Å². The van der Waals surface area contributed by atoms with E-state index in [1.165, 1.54) is 18.3 Å². The predicted molar refractivity (Wildman–Crippen MR) is 131 cm³/mol. The standard InChI is InChI=1S/C28H31F5N4O2/c29-24(30)39-23-4-1-19(12-35-23)9-18-5-7-26(8-6-18)14-36(15-26)25(38)37-16-27(17-37)10-21(11-27)20-2-3-22(34-13-20)28(31,32)33/h1-4,12-13,18,21,24H,5-11,14-17H2. The lowest BCUT2D eigenvalue weighted by molar-refractivity contribution is -0.141. The highest BCUT2D eigenvalue weighted by Crippen LogP contribution is 2.56. The van der Waals surface area contributed by atoms with E-state index in [1.807, 2.05) is 9.80 Å². The van der Waals surface area contributed by atoms with Crippen molar-refractivity contribution in [3.8, 4) is 5.88 Å². The Morgan fingerprint density at radius 2 is 1.62 bits per heavy atom. The third kappa shape index (κ3) is 5.28. The maximum absolute atomic E-state index is 13.0. The van der Waals surface area contributed by atoms with Crippen LogP contribution in [0.15, 0.2) is 36.7 Å². The minimum absolute atomic E-state index is 0.0720. The molecule has 2 aliphatic heterocycles. The highest BCUT2D eigenvalue weighted by atomic mass is 19.4. The van der Waals surface area contributed by atoms with Crippen molar-refractivity contribution in [1.82, 2.24) is 19.8 Å². The van der Waals surface area contributed by atoms with Crippen LogP contribution in [0, 0.1) is 16.7 Å². The molecule has 6 rings (SSSR count). The summed E-state index contributed by atoms with van der Waals surface area (Å²) >= 11 is 0. The van der Waals surface area contributed by atoms with Crippen LogP contribution in [0.2, 0.25) is 0 Å². The lowest BCUT2D eigenvalue weighted by atomic mass is 9.56. The normalized spacial score (nSPS) is 22.5. The summed E-state index contributed by atoms with van der Waals surface area (Å²) in [7, 11) is 0. The van der Waals surface area contributed by atoms with Crippen LogP contribution in [-0.4, -0.2) is 58.6 Å². The highest BCUT2D eigenvalue weighted by molar-refractivity contribution is 5.77. The zero-order chi connectivity index (χ0) is 27.4. The summed E-state index contributed by atoms with van der Waals surface area (Å²) in [5.41, 5.74) is 1.30. The number of ether oxygens (including phenoxy) is 1. The largest absolute Gasteiger partial charge is 0.433 e. The molecule has 0 atom stereocenters. The number of halogens is 5. The molecule has 2 saturated heterocycles. The topological polar surface area (TPSA) is 58.6 Å². The Hall–Kier alpha value is -2.98. The Morgan fingerprint density at radius 1 is 0.949 bits per heavy atom. The Balaban J connectivity index is 0.911. The lowest BCUT2D eigenvalue weighted by Crippen LogP contribution is -2.69. The number of pyridine rings is 2. The van der Waals surface area contributed by atoms with E-state index < -0.39 is 18.5 Å². The number of aromatic nitrogens is 2. The Bertz CT molecular complexity index is 1170. The van der Waals surface area contributed by atoms with Crippen LogP contribution < -0.4 is 4.74 Å². The van der Waals surface area contributed by atoms with Gasteiger partial charge >= 0.3 is 18.8 Å². The average Bonchev–Trinajstić information content (AvgIpc) is 2.82. The van der Waals surface area contributed by atoms with Crippen LogP contribution in [0.5, 0.6) is 5.88 Å². The molecular formula is C28H31F5N4O2. The van der Waals surface area contributed by atoms with Gasteiger partial charge in [-0.3, -0.25) is 4.98 Å².